The fourth-order valence-corrected chi connectivity index (χ4v) is 1.27. The lowest BCUT2D eigenvalue weighted by Gasteiger charge is -2.08. The second kappa shape index (κ2) is 5.66. The van der Waals surface area contributed by atoms with E-state index < -0.39 is 6.61 Å². The van der Waals surface area contributed by atoms with Crippen LogP contribution in [0.1, 0.15) is 18.9 Å². The molecule has 0 aliphatic carbocycles. The summed E-state index contributed by atoms with van der Waals surface area (Å²) < 4.78 is 28.1. The summed E-state index contributed by atoms with van der Waals surface area (Å²) in [6, 6.07) is 6.83. The maximum absolute atomic E-state index is 11.9. The van der Waals surface area contributed by atoms with Crippen LogP contribution in [0, 0.1) is 0 Å². The predicted octanol–water partition coefficient (Wildman–Crippen LogP) is 2.57. The van der Waals surface area contributed by atoms with Crippen LogP contribution in [0.25, 0.3) is 0 Å². The molecule has 0 radical (unpaired) electrons. The Hall–Kier alpha value is -1.16. The largest absolute Gasteiger partial charge is 0.435 e. The Morgan fingerprint density at radius 3 is 2.73 bits per heavy atom. The van der Waals surface area contributed by atoms with E-state index in [1.165, 1.54) is 6.07 Å². The summed E-state index contributed by atoms with van der Waals surface area (Å²) in [5, 5.41) is 0. The highest BCUT2D eigenvalue weighted by molar-refractivity contribution is 5.28. The van der Waals surface area contributed by atoms with Gasteiger partial charge in [0, 0.05) is 6.04 Å². The summed E-state index contributed by atoms with van der Waals surface area (Å²) >= 11 is 0. The predicted molar refractivity (Wildman–Crippen MR) is 55.0 cm³/mol. The van der Waals surface area contributed by atoms with Crippen LogP contribution >= 0.6 is 0 Å². The zero-order valence-electron chi connectivity index (χ0n) is 8.62. The minimum Gasteiger partial charge on any atom is -0.435 e. The molecule has 1 rings (SSSR count). The molecular formula is C11H15F2NO. The van der Waals surface area contributed by atoms with Gasteiger partial charge in [-0.1, -0.05) is 12.1 Å². The molecule has 0 heterocycles. The van der Waals surface area contributed by atoms with Crippen molar-refractivity contribution in [3.63, 3.8) is 0 Å². The first-order chi connectivity index (χ1) is 7.08. The number of alkyl halides is 2. The number of hydrogen-bond donors (Lipinski definition) is 1. The fraction of sp³-hybridized carbons (Fsp3) is 0.455. The van der Waals surface area contributed by atoms with Crippen LogP contribution < -0.4 is 10.5 Å². The summed E-state index contributed by atoms with van der Waals surface area (Å²) in [6.45, 7) is -0.854. The topological polar surface area (TPSA) is 35.2 Å². The van der Waals surface area contributed by atoms with Crippen LogP contribution in [-0.2, 0) is 6.42 Å². The average Bonchev–Trinajstić information content (AvgIpc) is 2.14. The molecule has 4 heteroatoms. The molecule has 0 spiro atoms. The molecular weight excluding hydrogens is 200 g/mol. The number of benzene rings is 1. The third-order valence-electron chi connectivity index (χ3n) is 2.01. The standard InChI is InChI=1S/C11H15F2NO/c1-8(14)5-6-9-3-2-4-10(7-9)15-11(12)13/h2-4,7-8,11H,5-6,14H2,1H3/t8-/m1/s1. The van der Waals surface area contributed by atoms with Gasteiger partial charge in [0.2, 0.25) is 0 Å². The van der Waals surface area contributed by atoms with Gasteiger partial charge < -0.3 is 10.5 Å². The molecule has 0 amide bonds. The van der Waals surface area contributed by atoms with Gasteiger partial charge in [0.05, 0.1) is 0 Å². The maximum Gasteiger partial charge on any atom is 0.387 e. The van der Waals surface area contributed by atoms with Gasteiger partial charge in [-0.25, -0.2) is 0 Å². The zero-order chi connectivity index (χ0) is 11.3. The van der Waals surface area contributed by atoms with Gasteiger partial charge >= 0.3 is 6.61 Å². The summed E-state index contributed by atoms with van der Waals surface area (Å²) in [7, 11) is 0. The Balaban J connectivity index is 2.57. The van der Waals surface area contributed by atoms with Gasteiger partial charge in [-0.05, 0) is 37.5 Å². The van der Waals surface area contributed by atoms with Crippen molar-refractivity contribution < 1.29 is 13.5 Å². The highest BCUT2D eigenvalue weighted by Gasteiger charge is 2.04. The lowest BCUT2D eigenvalue weighted by molar-refractivity contribution is -0.0498. The molecule has 0 aliphatic heterocycles. The smallest absolute Gasteiger partial charge is 0.387 e. The Morgan fingerprint density at radius 1 is 1.40 bits per heavy atom. The normalized spacial score (nSPS) is 12.9. The summed E-state index contributed by atoms with van der Waals surface area (Å²) in [4.78, 5) is 0. The zero-order valence-corrected chi connectivity index (χ0v) is 8.62. The number of ether oxygens (including phenoxy) is 1. The number of hydrogen-bond acceptors (Lipinski definition) is 2. The van der Waals surface area contributed by atoms with E-state index in [1.807, 2.05) is 13.0 Å². The van der Waals surface area contributed by atoms with Gasteiger partial charge in [0.15, 0.2) is 0 Å². The molecule has 0 saturated carbocycles. The molecule has 0 fully saturated rings. The quantitative estimate of drug-likeness (QED) is 0.819. The van der Waals surface area contributed by atoms with Gasteiger partial charge in [-0.2, -0.15) is 8.78 Å². The van der Waals surface area contributed by atoms with Crippen LogP contribution in [0.15, 0.2) is 24.3 Å². The summed E-state index contributed by atoms with van der Waals surface area (Å²) in [6.07, 6.45) is 1.61. The average molecular weight is 215 g/mol. The van der Waals surface area contributed by atoms with Crippen molar-refractivity contribution in [2.45, 2.75) is 32.4 Å². The Kier molecular flexibility index (Phi) is 4.49. The van der Waals surface area contributed by atoms with Crippen molar-refractivity contribution in [1.29, 1.82) is 0 Å². The van der Waals surface area contributed by atoms with E-state index in [0.717, 1.165) is 18.4 Å². The van der Waals surface area contributed by atoms with E-state index in [9.17, 15) is 8.78 Å². The van der Waals surface area contributed by atoms with Gasteiger partial charge in [-0.15, -0.1) is 0 Å². The van der Waals surface area contributed by atoms with Crippen LogP contribution in [0.2, 0.25) is 0 Å². The Morgan fingerprint density at radius 2 is 2.13 bits per heavy atom. The van der Waals surface area contributed by atoms with E-state index in [4.69, 9.17) is 5.73 Å². The second-order valence-electron chi connectivity index (χ2n) is 3.54. The summed E-state index contributed by atoms with van der Waals surface area (Å²) in [5.41, 5.74) is 6.57. The molecule has 0 bridgehead atoms. The number of nitrogens with two attached hydrogens (primary N) is 1. The second-order valence-corrected chi connectivity index (χ2v) is 3.54. The molecule has 0 aromatic heterocycles. The molecule has 0 aliphatic rings. The minimum atomic E-state index is -2.77. The third kappa shape index (κ3) is 4.74. The molecule has 1 aromatic carbocycles. The van der Waals surface area contributed by atoms with E-state index >= 15 is 0 Å². The molecule has 0 saturated heterocycles. The number of aryl methyl sites for hydroxylation is 1. The fourth-order valence-electron chi connectivity index (χ4n) is 1.27. The van der Waals surface area contributed by atoms with E-state index in [1.54, 1.807) is 12.1 Å². The molecule has 2 N–H and O–H groups in total. The Bertz CT molecular complexity index is 302. The lowest BCUT2D eigenvalue weighted by Crippen LogP contribution is -2.15. The molecule has 2 nitrogen and oxygen atoms in total. The minimum absolute atomic E-state index is 0.115. The van der Waals surface area contributed by atoms with Crippen molar-refractivity contribution >= 4 is 0 Å². The van der Waals surface area contributed by atoms with E-state index in [2.05, 4.69) is 4.74 Å². The SMILES string of the molecule is C[C@@H](N)CCc1cccc(OC(F)F)c1. The van der Waals surface area contributed by atoms with Crippen molar-refractivity contribution in [3.8, 4) is 5.75 Å². The van der Waals surface area contributed by atoms with Gasteiger partial charge in [-0.3, -0.25) is 0 Å². The lowest BCUT2D eigenvalue weighted by atomic mass is 10.1. The van der Waals surface area contributed by atoms with Gasteiger partial charge in [0.1, 0.15) is 5.75 Å². The van der Waals surface area contributed by atoms with Crippen LogP contribution in [0.4, 0.5) is 8.78 Å². The first kappa shape index (κ1) is 11.9. The monoisotopic (exact) mass is 215 g/mol. The van der Waals surface area contributed by atoms with E-state index in [0.29, 0.717) is 0 Å². The van der Waals surface area contributed by atoms with Crippen LogP contribution in [0.3, 0.4) is 0 Å². The molecule has 1 atom stereocenters. The molecule has 1 aromatic rings. The summed E-state index contributed by atoms with van der Waals surface area (Å²) in [5.74, 6) is 0.201. The molecule has 84 valence electrons. The molecule has 0 unspecified atom stereocenters. The van der Waals surface area contributed by atoms with Crippen molar-refractivity contribution in [1.82, 2.24) is 0 Å². The number of rotatable bonds is 5. The van der Waals surface area contributed by atoms with Crippen molar-refractivity contribution in [2.24, 2.45) is 5.73 Å². The van der Waals surface area contributed by atoms with Crippen molar-refractivity contribution in [3.05, 3.63) is 29.8 Å². The Labute approximate surface area is 88.0 Å². The highest BCUT2D eigenvalue weighted by Crippen LogP contribution is 2.17. The first-order valence-electron chi connectivity index (χ1n) is 4.87. The molecule has 15 heavy (non-hydrogen) atoms. The van der Waals surface area contributed by atoms with Crippen LogP contribution in [-0.4, -0.2) is 12.7 Å². The highest BCUT2D eigenvalue weighted by atomic mass is 19.3. The van der Waals surface area contributed by atoms with Crippen LogP contribution in [0.5, 0.6) is 5.75 Å². The van der Waals surface area contributed by atoms with E-state index in [-0.39, 0.29) is 11.8 Å². The first-order valence-corrected chi connectivity index (χ1v) is 4.87. The van der Waals surface area contributed by atoms with Crippen molar-refractivity contribution in [2.75, 3.05) is 0 Å². The maximum atomic E-state index is 11.9. The number of halogens is 2. The third-order valence-corrected chi connectivity index (χ3v) is 2.01. The van der Waals surface area contributed by atoms with Gasteiger partial charge in [0.25, 0.3) is 0 Å².